The van der Waals surface area contributed by atoms with Crippen molar-refractivity contribution < 1.29 is 14.0 Å². The fourth-order valence-corrected chi connectivity index (χ4v) is 4.84. The van der Waals surface area contributed by atoms with Crippen LogP contribution in [0.4, 0.5) is 0 Å². The first-order valence-electron chi connectivity index (χ1n) is 9.18. The van der Waals surface area contributed by atoms with Crippen molar-refractivity contribution in [2.45, 2.75) is 96.4 Å². The molecule has 0 radical (unpaired) electrons. The summed E-state index contributed by atoms with van der Waals surface area (Å²) in [5.41, 5.74) is 0.886. The normalized spacial score (nSPS) is 27.0. The lowest BCUT2D eigenvalue weighted by molar-refractivity contribution is 0.103. The molecule has 1 saturated carbocycles. The molecule has 3 atom stereocenters. The Labute approximate surface area is 152 Å². The minimum atomic E-state index is -1.88. The zero-order valence-corrected chi connectivity index (χ0v) is 19.6. The molecule has 0 aromatic carbocycles. The van der Waals surface area contributed by atoms with Crippen molar-refractivity contribution in [2.75, 3.05) is 6.61 Å². The maximum absolute atomic E-state index is 10.3. The van der Waals surface area contributed by atoms with Gasteiger partial charge < -0.3 is 14.0 Å². The van der Waals surface area contributed by atoms with E-state index >= 15 is 0 Å². The Balaban J connectivity index is 2.88. The summed E-state index contributed by atoms with van der Waals surface area (Å²) in [6, 6.07) is 0. The van der Waals surface area contributed by atoms with Crippen LogP contribution in [0.2, 0.25) is 36.3 Å². The zero-order valence-electron chi connectivity index (χ0n) is 17.6. The molecule has 1 fully saturated rings. The highest BCUT2D eigenvalue weighted by molar-refractivity contribution is 6.74. The van der Waals surface area contributed by atoms with Crippen LogP contribution in [-0.4, -0.2) is 40.6 Å². The van der Waals surface area contributed by atoms with Crippen LogP contribution in [0.25, 0.3) is 0 Å². The molecule has 0 aromatic rings. The molecule has 1 aliphatic carbocycles. The standard InChI is InChI=1S/C19H40O3Si2/c1-14-15(13-21-23(8,9)18(2,3)4)17(12-16(14)20)22-24(10,11)19(5,6)7/h15-17,20H,1,12-13H2,2-11H3/t15-,16+,17?/m0/s1. The molecule has 0 bridgehead atoms. The minimum absolute atomic E-state index is 0.0261. The van der Waals surface area contributed by atoms with Gasteiger partial charge in [-0.3, -0.25) is 0 Å². The third-order valence-electron chi connectivity index (χ3n) is 6.49. The molecule has 0 aliphatic heterocycles. The van der Waals surface area contributed by atoms with Gasteiger partial charge in [0.2, 0.25) is 0 Å². The van der Waals surface area contributed by atoms with Gasteiger partial charge >= 0.3 is 0 Å². The second kappa shape index (κ2) is 6.99. The summed E-state index contributed by atoms with van der Waals surface area (Å²) in [7, 11) is -3.69. The predicted molar refractivity (Wildman–Crippen MR) is 108 cm³/mol. The van der Waals surface area contributed by atoms with Crippen LogP contribution in [0.5, 0.6) is 0 Å². The second-order valence-corrected chi connectivity index (χ2v) is 20.0. The summed E-state index contributed by atoms with van der Waals surface area (Å²) in [5, 5.41) is 10.7. The Hall–Kier alpha value is 0.0538. The van der Waals surface area contributed by atoms with E-state index in [1.165, 1.54) is 0 Å². The van der Waals surface area contributed by atoms with Gasteiger partial charge in [-0.25, -0.2) is 0 Å². The minimum Gasteiger partial charge on any atom is -0.416 e. The highest BCUT2D eigenvalue weighted by Crippen LogP contribution is 2.43. The van der Waals surface area contributed by atoms with Crippen molar-refractivity contribution in [2.24, 2.45) is 5.92 Å². The molecule has 0 spiro atoms. The molecule has 0 aromatic heterocycles. The molecule has 1 unspecified atom stereocenters. The Morgan fingerprint density at radius 2 is 1.46 bits per heavy atom. The van der Waals surface area contributed by atoms with Gasteiger partial charge in [-0.1, -0.05) is 48.1 Å². The van der Waals surface area contributed by atoms with E-state index in [0.717, 1.165) is 5.57 Å². The molecule has 5 heteroatoms. The molecular formula is C19H40O3Si2. The van der Waals surface area contributed by atoms with Gasteiger partial charge in [-0.05, 0) is 41.8 Å². The van der Waals surface area contributed by atoms with E-state index in [1.54, 1.807) is 0 Å². The van der Waals surface area contributed by atoms with E-state index in [9.17, 15) is 5.11 Å². The molecule has 0 amide bonds. The first-order valence-corrected chi connectivity index (χ1v) is 15.0. The second-order valence-electron chi connectivity index (χ2n) is 10.4. The first kappa shape index (κ1) is 22.1. The quantitative estimate of drug-likeness (QED) is 0.523. The van der Waals surface area contributed by atoms with Crippen molar-refractivity contribution in [1.29, 1.82) is 0 Å². The van der Waals surface area contributed by atoms with Crippen LogP contribution < -0.4 is 0 Å². The molecular weight excluding hydrogens is 332 g/mol. The Kier molecular flexibility index (Phi) is 6.43. The molecule has 142 valence electrons. The summed E-state index contributed by atoms with van der Waals surface area (Å²) >= 11 is 0. The van der Waals surface area contributed by atoms with Crippen molar-refractivity contribution in [3.05, 3.63) is 12.2 Å². The van der Waals surface area contributed by atoms with E-state index < -0.39 is 22.7 Å². The van der Waals surface area contributed by atoms with Gasteiger partial charge in [0.05, 0.1) is 12.2 Å². The summed E-state index contributed by atoms with van der Waals surface area (Å²) in [6.07, 6.45) is 0.211. The number of aliphatic hydroxyl groups excluding tert-OH is 1. The lowest BCUT2D eigenvalue weighted by Gasteiger charge is -2.41. The monoisotopic (exact) mass is 372 g/mol. The number of hydrogen-bond donors (Lipinski definition) is 1. The van der Waals surface area contributed by atoms with Gasteiger partial charge in [-0.2, -0.15) is 0 Å². The SMILES string of the molecule is C=C1[C@H](O)CC(O[Si](C)(C)C(C)(C)C)[C@H]1CO[Si](C)(C)C(C)(C)C. The van der Waals surface area contributed by atoms with Gasteiger partial charge in [0.15, 0.2) is 16.6 Å². The molecule has 1 N–H and O–H groups in total. The van der Waals surface area contributed by atoms with Crippen LogP contribution >= 0.6 is 0 Å². The third kappa shape index (κ3) is 4.82. The maximum atomic E-state index is 10.3. The van der Waals surface area contributed by atoms with Crippen LogP contribution in [0.15, 0.2) is 12.2 Å². The van der Waals surface area contributed by atoms with Crippen LogP contribution in [0.1, 0.15) is 48.0 Å². The van der Waals surface area contributed by atoms with Gasteiger partial charge in [0.25, 0.3) is 0 Å². The van der Waals surface area contributed by atoms with Crippen molar-refractivity contribution in [1.82, 2.24) is 0 Å². The molecule has 3 nitrogen and oxygen atoms in total. The molecule has 1 aliphatic rings. The number of aliphatic hydroxyl groups is 1. The average molecular weight is 373 g/mol. The Morgan fingerprint density at radius 3 is 1.88 bits per heavy atom. The predicted octanol–water partition coefficient (Wildman–Crippen LogP) is 5.34. The zero-order chi connectivity index (χ0) is 19.1. The fourth-order valence-electron chi connectivity index (χ4n) is 2.44. The molecule has 24 heavy (non-hydrogen) atoms. The van der Waals surface area contributed by atoms with Crippen LogP contribution in [-0.2, 0) is 8.85 Å². The van der Waals surface area contributed by atoms with Crippen LogP contribution in [0, 0.1) is 5.92 Å². The van der Waals surface area contributed by atoms with Crippen molar-refractivity contribution in [3.8, 4) is 0 Å². The topological polar surface area (TPSA) is 38.7 Å². The van der Waals surface area contributed by atoms with Gasteiger partial charge in [-0.15, -0.1) is 0 Å². The highest BCUT2D eigenvalue weighted by Gasteiger charge is 2.46. The Bertz CT molecular complexity index is 458. The smallest absolute Gasteiger partial charge is 0.192 e. The summed E-state index contributed by atoms with van der Waals surface area (Å²) < 4.78 is 13.1. The van der Waals surface area contributed by atoms with Crippen molar-refractivity contribution >= 4 is 16.6 Å². The van der Waals surface area contributed by atoms with Crippen molar-refractivity contribution in [3.63, 3.8) is 0 Å². The largest absolute Gasteiger partial charge is 0.416 e. The number of hydrogen-bond acceptors (Lipinski definition) is 3. The van der Waals surface area contributed by atoms with E-state index in [-0.39, 0.29) is 22.1 Å². The summed E-state index contributed by atoms with van der Waals surface area (Å²) in [4.78, 5) is 0. The fraction of sp³-hybridized carbons (Fsp3) is 0.895. The van der Waals surface area contributed by atoms with E-state index in [1.807, 2.05) is 0 Å². The molecule has 0 saturated heterocycles. The van der Waals surface area contributed by atoms with E-state index in [2.05, 4.69) is 74.3 Å². The summed E-state index contributed by atoms with van der Waals surface area (Å²) in [6.45, 7) is 27.3. The highest BCUT2D eigenvalue weighted by atomic mass is 28.4. The summed E-state index contributed by atoms with van der Waals surface area (Å²) in [5.74, 6) is 0.100. The van der Waals surface area contributed by atoms with E-state index in [4.69, 9.17) is 8.85 Å². The average Bonchev–Trinajstić information content (AvgIpc) is 2.59. The molecule has 1 rings (SSSR count). The van der Waals surface area contributed by atoms with Gasteiger partial charge in [0, 0.05) is 18.9 Å². The number of rotatable bonds is 5. The van der Waals surface area contributed by atoms with Crippen LogP contribution in [0.3, 0.4) is 0 Å². The lowest BCUT2D eigenvalue weighted by Crippen LogP contribution is -2.47. The Morgan fingerprint density at radius 1 is 1.00 bits per heavy atom. The van der Waals surface area contributed by atoms with E-state index in [0.29, 0.717) is 13.0 Å². The van der Waals surface area contributed by atoms with Gasteiger partial charge in [0.1, 0.15) is 0 Å². The maximum Gasteiger partial charge on any atom is 0.192 e. The lowest BCUT2D eigenvalue weighted by atomic mass is 10.0. The molecule has 0 heterocycles. The first-order chi connectivity index (χ1) is 10.5. The third-order valence-corrected chi connectivity index (χ3v) is 15.5.